The van der Waals surface area contributed by atoms with E-state index in [0.717, 1.165) is 0 Å². The largest absolute Gasteiger partial charge is 0.425 e. The minimum Gasteiger partial charge on any atom is -0.425 e. The van der Waals surface area contributed by atoms with Crippen molar-refractivity contribution in [2.24, 2.45) is 0 Å². The van der Waals surface area contributed by atoms with Crippen LogP contribution < -0.4 is 15.8 Å². The Morgan fingerprint density at radius 1 is 1.50 bits per heavy atom. The molecule has 1 aromatic rings. The molecule has 1 atom stereocenters. The number of ether oxygens (including phenoxy) is 1. The number of anilines is 1. The highest BCUT2D eigenvalue weighted by atomic mass is 16.5. The number of aliphatic hydroxyl groups excluding tert-OH is 1. The Kier molecular flexibility index (Phi) is 5.12. The van der Waals surface area contributed by atoms with Gasteiger partial charge in [0.2, 0.25) is 0 Å². The first-order valence-electron chi connectivity index (χ1n) is 5.89. The maximum absolute atomic E-state index is 10.8. The normalized spacial score (nSPS) is 12.5. The van der Waals surface area contributed by atoms with Crippen LogP contribution in [0.5, 0.6) is 5.75 Å². The molecule has 5 nitrogen and oxygen atoms in total. The number of aliphatic hydroxyl groups is 1. The maximum atomic E-state index is 10.8. The summed E-state index contributed by atoms with van der Waals surface area (Å²) < 4.78 is 4.92. The van der Waals surface area contributed by atoms with Gasteiger partial charge in [0.1, 0.15) is 0 Å². The summed E-state index contributed by atoms with van der Waals surface area (Å²) in [6, 6.07) is 5.20. The summed E-state index contributed by atoms with van der Waals surface area (Å²) in [5.41, 5.74) is 6.79. The zero-order chi connectivity index (χ0) is 13.7. The Morgan fingerprint density at radius 3 is 2.67 bits per heavy atom. The number of nitrogens with two attached hydrogens (primary N) is 1. The molecule has 0 aliphatic carbocycles. The van der Waals surface area contributed by atoms with Crippen LogP contribution in [0.1, 0.15) is 32.4 Å². The van der Waals surface area contributed by atoms with E-state index in [0.29, 0.717) is 29.6 Å². The zero-order valence-electron chi connectivity index (χ0n) is 10.9. The summed E-state index contributed by atoms with van der Waals surface area (Å²) in [6.45, 7) is 5.77. The second-order valence-corrected chi connectivity index (χ2v) is 4.47. The molecule has 1 aromatic carbocycles. The van der Waals surface area contributed by atoms with Crippen LogP contribution in [0.4, 0.5) is 5.69 Å². The Balaban J connectivity index is 2.73. The van der Waals surface area contributed by atoms with Crippen molar-refractivity contribution in [1.82, 2.24) is 5.32 Å². The van der Waals surface area contributed by atoms with Crippen molar-refractivity contribution in [1.29, 1.82) is 0 Å². The van der Waals surface area contributed by atoms with Crippen LogP contribution in [0.3, 0.4) is 0 Å². The van der Waals surface area contributed by atoms with Gasteiger partial charge in [-0.05, 0) is 17.7 Å². The highest BCUT2D eigenvalue weighted by Gasteiger charge is 2.11. The number of carbonyl (C=O) groups excluding carboxylic acids is 1. The average Bonchev–Trinajstić information content (AvgIpc) is 2.28. The smallest absolute Gasteiger partial charge is 0.308 e. The number of hydrogen-bond acceptors (Lipinski definition) is 5. The number of nitrogens with one attached hydrogen (secondary N) is 1. The highest BCUT2D eigenvalue weighted by molar-refractivity contribution is 5.72. The number of rotatable bonds is 5. The fourth-order valence-electron chi connectivity index (χ4n) is 1.49. The minimum absolute atomic E-state index is 0.303. The third-order valence-corrected chi connectivity index (χ3v) is 2.39. The van der Waals surface area contributed by atoms with Gasteiger partial charge in [-0.1, -0.05) is 19.9 Å². The molecular formula is C13H20N2O3. The van der Waals surface area contributed by atoms with E-state index in [1.807, 2.05) is 13.8 Å². The lowest BCUT2D eigenvalue weighted by Crippen LogP contribution is -2.27. The summed E-state index contributed by atoms with van der Waals surface area (Å²) in [5, 5.41) is 13.1. The third-order valence-electron chi connectivity index (χ3n) is 2.39. The molecule has 0 spiro atoms. The van der Waals surface area contributed by atoms with E-state index >= 15 is 0 Å². The van der Waals surface area contributed by atoms with Crippen molar-refractivity contribution in [3.05, 3.63) is 23.8 Å². The lowest BCUT2D eigenvalue weighted by molar-refractivity contribution is -0.131. The average molecular weight is 252 g/mol. The molecule has 0 saturated heterocycles. The highest BCUT2D eigenvalue weighted by Crippen LogP contribution is 2.25. The Bertz CT molecular complexity index is 419. The molecule has 0 fully saturated rings. The van der Waals surface area contributed by atoms with Crippen LogP contribution in [-0.4, -0.2) is 23.7 Å². The molecule has 0 aromatic heterocycles. The van der Waals surface area contributed by atoms with Crippen molar-refractivity contribution in [2.45, 2.75) is 32.9 Å². The Hall–Kier alpha value is -1.59. The van der Waals surface area contributed by atoms with Crippen LogP contribution >= 0.6 is 0 Å². The second kappa shape index (κ2) is 6.37. The third kappa shape index (κ3) is 4.35. The summed E-state index contributed by atoms with van der Waals surface area (Å²) in [5.74, 6) is -0.105. The molecule has 18 heavy (non-hydrogen) atoms. The fourth-order valence-corrected chi connectivity index (χ4v) is 1.49. The second-order valence-electron chi connectivity index (χ2n) is 4.47. The maximum Gasteiger partial charge on any atom is 0.308 e. The summed E-state index contributed by atoms with van der Waals surface area (Å²) in [6.07, 6.45) is -0.638. The predicted octanol–water partition coefficient (Wildman–Crippen LogP) is 1.23. The van der Waals surface area contributed by atoms with Gasteiger partial charge in [-0.15, -0.1) is 0 Å². The molecule has 0 saturated carbocycles. The fraction of sp³-hybridized carbons (Fsp3) is 0.462. The molecule has 100 valence electrons. The monoisotopic (exact) mass is 252 g/mol. The number of carbonyl (C=O) groups is 1. The first-order valence-corrected chi connectivity index (χ1v) is 5.89. The van der Waals surface area contributed by atoms with Gasteiger partial charge < -0.3 is 20.9 Å². The van der Waals surface area contributed by atoms with E-state index in [1.54, 1.807) is 18.2 Å². The summed E-state index contributed by atoms with van der Waals surface area (Å²) >= 11 is 0. The van der Waals surface area contributed by atoms with Crippen LogP contribution in [0.25, 0.3) is 0 Å². The standard InChI is InChI=1S/C13H20N2O3/c1-8(2)15-7-12(17)10-4-5-13(11(14)6-10)18-9(3)16/h4-6,8,12,15,17H,7,14H2,1-3H3. The molecule has 0 aliphatic heterocycles. The van der Waals surface area contributed by atoms with Crippen molar-refractivity contribution in [3.63, 3.8) is 0 Å². The van der Waals surface area contributed by atoms with E-state index in [2.05, 4.69) is 5.32 Å². The van der Waals surface area contributed by atoms with Crippen LogP contribution in [0.15, 0.2) is 18.2 Å². The van der Waals surface area contributed by atoms with E-state index < -0.39 is 12.1 Å². The summed E-state index contributed by atoms with van der Waals surface area (Å²) in [7, 11) is 0. The topological polar surface area (TPSA) is 84.6 Å². The molecule has 0 aliphatic rings. The van der Waals surface area contributed by atoms with Crippen LogP contribution in [0.2, 0.25) is 0 Å². The van der Waals surface area contributed by atoms with Gasteiger partial charge in [-0.25, -0.2) is 0 Å². The molecule has 5 heteroatoms. The SMILES string of the molecule is CC(=O)Oc1ccc(C(O)CNC(C)C)cc1N. The quantitative estimate of drug-likeness (QED) is 0.417. The molecule has 1 rings (SSSR count). The van der Waals surface area contributed by atoms with Gasteiger partial charge in [0.05, 0.1) is 11.8 Å². The Labute approximate surface area is 107 Å². The number of benzene rings is 1. The zero-order valence-corrected chi connectivity index (χ0v) is 10.9. The van der Waals surface area contributed by atoms with Gasteiger partial charge in [0, 0.05) is 19.5 Å². The minimum atomic E-state index is -0.638. The molecule has 0 amide bonds. The van der Waals surface area contributed by atoms with Crippen molar-refractivity contribution < 1.29 is 14.6 Å². The number of nitrogen functional groups attached to an aromatic ring is 1. The number of esters is 1. The first-order chi connectivity index (χ1) is 8.40. The lowest BCUT2D eigenvalue weighted by Gasteiger charge is -2.15. The van der Waals surface area contributed by atoms with E-state index in [9.17, 15) is 9.90 Å². The van der Waals surface area contributed by atoms with Gasteiger partial charge in [0.15, 0.2) is 5.75 Å². The molecule has 0 heterocycles. The molecule has 4 N–H and O–H groups in total. The van der Waals surface area contributed by atoms with Crippen molar-refractivity contribution in [3.8, 4) is 5.75 Å². The van der Waals surface area contributed by atoms with Gasteiger partial charge >= 0.3 is 5.97 Å². The van der Waals surface area contributed by atoms with Gasteiger partial charge in [0.25, 0.3) is 0 Å². The molecule has 0 radical (unpaired) electrons. The van der Waals surface area contributed by atoms with Crippen LogP contribution in [0, 0.1) is 0 Å². The van der Waals surface area contributed by atoms with Crippen molar-refractivity contribution >= 4 is 11.7 Å². The van der Waals surface area contributed by atoms with E-state index in [-0.39, 0.29) is 0 Å². The molecule has 0 bridgehead atoms. The van der Waals surface area contributed by atoms with Gasteiger partial charge in [-0.3, -0.25) is 4.79 Å². The first kappa shape index (κ1) is 14.5. The van der Waals surface area contributed by atoms with E-state index in [4.69, 9.17) is 10.5 Å². The number of hydrogen-bond donors (Lipinski definition) is 3. The van der Waals surface area contributed by atoms with E-state index in [1.165, 1.54) is 6.92 Å². The summed E-state index contributed by atoms with van der Waals surface area (Å²) in [4.78, 5) is 10.8. The van der Waals surface area contributed by atoms with Gasteiger partial charge in [-0.2, -0.15) is 0 Å². The van der Waals surface area contributed by atoms with Crippen LogP contribution in [-0.2, 0) is 4.79 Å². The molecular weight excluding hydrogens is 232 g/mol. The Morgan fingerprint density at radius 2 is 2.17 bits per heavy atom. The predicted molar refractivity (Wildman–Crippen MR) is 70.3 cm³/mol. The molecule has 1 unspecified atom stereocenters. The van der Waals surface area contributed by atoms with Crippen molar-refractivity contribution in [2.75, 3.05) is 12.3 Å². The lowest BCUT2D eigenvalue weighted by atomic mass is 10.1.